The number of amides is 1. The van der Waals surface area contributed by atoms with Gasteiger partial charge in [-0.3, -0.25) is 4.79 Å². The monoisotopic (exact) mass is 313 g/mol. The standard InChI is InChI=1S/C18H23N3O2/c1-3-11-19-15-6-9-17(21-13-15)18(22)20-12-10-14-4-7-16(23-2)8-5-14/h4-9,13,19H,3,10-12H2,1-2H3,(H,20,22). The van der Waals surface area contributed by atoms with E-state index in [1.54, 1.807) is 19.4 Å². The Balaban J connectivity index is 1.79. The first-order chi connectivity index (χ1) is 11.2. The molecule has 0 radical (unpaired) electrons. The van der Waals surface area contributed by atoms with E-state index < -0.39 is 0 Å². The highest BCUT2D eigenvalue weighted by atomic mass is 16.5. The van der Waals surface area contributed by atoms with Crippen LogP contribution in [0, 0.1) is 0 Å². The van der Waals surface area contributed by atoms with E-state index in [9.17, 15) is 4.79 Å². The summed E-state index contributed by atoms with van der Waals surface area (Å²) in [4.78, 5) is 16.2. The highest BCUT2D eigenvalue weighted by Gasteiger charge is 2.06. The van der Waals surface area contributed by atoms with Gasteiger partial charge in [-0.25, -0.2) is 4.98 Å². The van der Waals surface area contributed by atoms with Gasteiger partial charge in [0, 0.05) is 13.1 Å². The quantitative estimate of drug-likeness (QED) is 0.786. The predicted molar refractivity (Wildman–Crippen MR) is 92.0 cm³/mol. The summed E-state index contributed by atoms with van der Waals surface area (Å²) < 4.78 is 5.12. The molecule has 1 heterocycles. The normalized spacial score (nSPS) is 10.2. The van der Waals surface area contributed by atoms with Gasteiger partial charge in [0.1, 0.15) is 11.4 Å². The molecular formula is C18H23N3O2. The molecular weight excluding hydrogens is 290 g/mol. The first-order valence-corrected chi connectivity index (χ1v) is 7.84. The third kappa shape index (κ3) is 5.29. The maximum Gasteiger partial charge on any atom is 0.269 e. The van der Waals surface area contributed by atoms with Crippen LogP contribution >= 0.6 is 0 Å². The molecule has 0 saturated carbocycles. The maximum absolute atomic E-state index is 12.0. The third-order valence-electron chi connectivity index (χ3n) is 3.43. The van der Waals surface area contributed by atoms with Gasteiger partial charge in [0.05, 0.1) is 19.0 Å². The Bertz CT molecular complexity index is 609. The van der Waals surface area contributed by atoms with Gasteiger partial charge < -0.3 is 15.4 Å². The number of rotatable bonds is 8. The summed E-state index contributed by atoms with van der Waals surface area (Å²) >= 11 is 0. The number of benzene rings is 1. The lowest BCUT2D eigenvalue weighted by Crippen LogP contribution is -2.26. The molecule has 0 fully saturated rings. The number of anilines is 1. The fourth-order valence-electron chi connectivity index (χ4n) is 2.11. The molecule has 0 atom stereocenters. The average Bonchev–Trinajstić information content (AvgIpc) is 2.61. The molecule has 5 nitrogen and oxygen atoms in total. The van der Waals surface area contributed by atoms with E-state index in [0.717, 1.165) is 36.4 Å². The van der Waals surface area contributed by atoms with Crippen LogP contribution in [0.1, 0.15) is 29.4 Å². The first-order valence-electron chi connectivity index (χ1n) is 7.84. The molecule has 23 heavy (non-hydrogen) atoms. The fourth-order valence-corrected chi connectivity index (χ4v) is 2.11. The van der Waals surface area contributed by atoms with Gasteiger partial charge in [0.2, 0.25) is 0 Å². The van der Waals surface area contributed by atoms with Crippen LogP contribution in [0.2, 0.25) is 0 Å². The van der Waals surface area contributed by atoms with Crippen LogP contribution in [0.25, 0.3) is 0 Å². The van der Waals surface area contributed by atoms with Crippen molar-refractivity contribution in [3.63, 3.8) is 0 Å². The summed E-state index contributed by atoms with van der Waals surface area (Å²) in [5.41, 5.74) is 2.52. The van der Waals surface area contributed by atoms with Crippen LogP contribution in [0.15, 0.2) is 42.6 Å². The molecule has 2 aromatic rings. The number of nitrogens with zero attached hydrogens (tertiary/aromatic N) is 1. The Morgan fingerprint density at radius 3 is 2.52 bits per heavy atom. The first kappa shape index (κ1) is 16.8. The second-order valence-electron chi connectivity index (χ2n) is 5.21. The van der Waals surface area contributed by atoms with Crippen molar-refractivity contribution in [1.82, 2.24) is 10.3 Å². The number of ether oxygens (including phenoxy) is 1. The van der Waals surface area contributed by atoms with Gasteiger partial charge in [-0.05, 0) is 42.7 Å². The summed E-state index contributed by atoms with van der Waals surface area (Å²) in [5, 5.41) is 6.12. The Kier molecular flexibility index (Phi) is 6.41. The Labute approximate surface area is 137 Å². The molecule has 0 bridgehead atoms. The smallest absolute Gasteiger partial charge is 0.269 e. The lowest BCUT2D eigenvalue weighted by atomic mass is 10.1. The number of aromatic nitrogens is 1. The van der Waals surface area contributed by atoms with Crippen LogP contribution < -0.4 is 15.4 Å². The molecule has 5 heteroatoms. The zero-order valence-corrected chi connectivity index (χ0v) is 13.6. The van der Waals surface area contributed by atoms with Crippen molar-refractivity contribution in [3.8, 4) is 5.75 Å². The average molecular weight is 313 g/mol. The summed E-state index contributed by atoms with van der Waals surface area (Å²) in [6.45, 7) is 3.57. The van der Waals surface area contributed by atoms with E-state index in [1.807, 2.05) is 30.3 Å². The second kappa shape index (κ2) is 8.78. The molecule has 0 saturated heterocycles. The molecule has 1 amide bonds. The van der Waals surface area contributed by atoms with E-state index in [2.05, 4.69) is 22.5 Å². The van der Waals surface area contributed by atoms with E-state index in [-0.39, 0.29) is 5.91 Å². The summed E-state index contributed by atoms with van der Waals surface area (Å²) in [6, 6.07) is 11.4. The van der Waals surface area contributed by atoms with Crippen molar-refractivity contribution in [2.75, 3.05) is 25.5 Å². The van der Waals surface area contributed by atoms with Crippen LogP contribution in [0.5, 0.6) is 5.75 Å². The predicted octanol–water partition coefficient (Wildman–Crippen LogP) is 2.88. The van der Waals surface area contributed by atoms with Crippen molar-refractivity contribution >= 4 is 11.6 Å². The number of methoxy groups -OCH3 is 1. The Hall–Kier alpha value is -2.56. The van der Waals surface area contributed by atoms with Crippen molar-refractivity contribution in [3.05, 3.63) is 53.9 Å². The minimum absolute atomic E-state index is 0.152. The van der Waals surface area contributed by atoms with Crippen LogP contribution in [-0.4, -0.2) is 31.1 Å². The number of hydrogen-bond acceptors (Lipinski definition) is 4. The minimum atomic E-state index is -0.152. The Morgan fingerprint density at radius 2 is 1.91 bits per heavy atom. The number of nitrogens with one attached hydrogen (secondary N) is 2. The highest BCUT2D eigenvalue weighted by Crippen LogP contribution is 2.11. The molecule has 1 aromatic heterocycles. The molecule has 2 rings (SSSR count). The van der Waals surface area contributed by atoms with Crippen LogP contribution in [0.4, 0.5) is 5.69 Å². The van der Waals surface area contributed by atoms with Crippen molar-refractivity contribution in [2.45, 2.75) is 19.8 Å². The zero-order chi connectivity index (χ0) is 16.5. The Morgan fingerprint density at radius 1 is 1.13 bits per heavy atom. The lowest BCUT2D eigenvalue weighted by Gasteiger charge is -2.07. The largest absolute Gasteiger partial charge is 0.497 e. The fraction of sp³-hybridized carbons (Fsp3) is 0.333. The summed E-state index contributed by atoms with van der Waals surface area (Å²) in [5.74, 6) is 0.680. The molecule has 0 unspecified atom stereocenters. The SMILES string of the molecule is CCCNc1ccc(C(=O)NCCc2ccc(OC)cc2)nc1. The van der Waals surface area contributed by atoms with Gasteiger partial charge in [0.15, 0.2) is 0 Å². The van der Waals surface area contributed by atoms with E-state index in [0.29, 0.717) is 12.2 Å². The van der Waals surface area contributed by atoms with Gasteiger partial charge in [-0.15, -0.1) is 0 Å². The van der Waals surface area contributed by atoms with E-state index in [1.165, 1.54) is 0 Å². The van der Waals surface area contributed by atoms with Crippen molar-refractivity contribution in [1.29, 1.82) is 0 Å². The topological polar surface area (TPSA) is 63.2 Å². The molecule has 0 aliphatic heterocycles. The van der Waals surface area contributed by atoms with Crippen LogP contribution in [-0.2, 0) is 6.42 Å². The molecule has 0 aliphatic rings. The number of carbonyl (C=O) groups is 1. The van der Waals surface area contributed by atoms with Crippen molar-refractivity contribution in [2.24, 2.45) is 0 Å². The zero-order valence-electron chi connectivity index (χ0n) is 13.6. The highest BCUT2D eigenvalue weighted by molar-refractivity contribution is 5.92. The van der Waals surface area contributed by atoms with Crippen molar-refractivity contribution < 1.29 is 9.53 Å². The van der Waals surface area contributed by atoms with Gasteiger partial charge in [-0.2, -0.15) is 0 Å². The lowest BCUT2D eigenvalue weighted by molar-refractivity contribution is 0.0949. The van der Waals surface area contributed by atoms with Crippen LogP contribution in [0.3, 0.4) is 0 Å². The van der Waals surface area contributed by atoms with Gasteiger partial charge in [0.25, 0.3) is 5.91 Å². The van der Waals surface area contributed by atoms with Gasteiger partial charge in [-0.1, -0.05) is 19.1 Å². The molecule has 2 N–H and O–H groups in total. The molecule has 0 spiro atoms. The molecule has 0 aliphatic carbocycles. The summed E-state index contributed by atoms with van der Waals surface area (Å²) in [7, 11) is 1.64. The maximum atomic E-state index is 12.0. The second-order valence-corrected chi connectivity index (χ2v) is 5.21. The number of carbonyl (C=O) groups excluding carboxylic acids is 1. The summed E-state index contributed by atoms with van der Waals surface area (Å²) in [6.07, 6.45) is 3.51. The molecule has 1 aromatic carbocycles. The van der Waals surface area contributed by atoms with Gasteiger partial charge >= 0.3 is 0 Å². The number of hydrogen-bond donors (Lipinski definition) is 2. The van der Waals surface area contributed by atoms with E-state index >= 15 is 0 Å². The third-order valence-corrected chi connectivity index (χ3v) is 3.43. The molecule has 122 valence electrons. The number of pyridine rings is 1. The van der Waals surface area contributed by atoms with E-state index in [4.69, 9.17) is 4.74 Å². The minimum Gasteiger partial charge on any atom is -0.497 e.